The van der Waals surface area contributed by atoms with E-state index in [-0.39, 0.29) is 6.04 Å². The lowest BCUT2D eigenvalue weighted by atomic mass is 10.1. The van der Waals surface area contributed by atoms with E-state index in [0.29, 0.717) is 12.4 Å². The normalized spacial score (nSPS) is 12.7. The molecular formula is C13H14Br2N2O. The van der Waals surface area contributed by atoms with Crippen molar-refractivity contribution in [3.05, 3.63) is 50.6 Å². The Kier molecular flexibility index (Phi) is 4.59. The van der Waals surface area contributed by atoms with Crippen LogP contribution >= 0.6 is 31.9 Å². The second kappa shape index (κ2) is 5.99. The van der Waals surface area contributed by atoms with Crippen LogP contribution in [0.15, 0.2) is 37.8 Å². The van der Waals surface area contributed by atoms with Crippen LogP contribution in [0, 0.1) is 6.92 Å². The standard InChI is InChI=1S/C13H14Br2N2O/c1-8-6-17-13(18-8)7-16-9(2)11-4-3-10(14)5-12(11)15/h3-6,9,16H,7H2,1-2H3. The summed E-state index contributed by atoms with van der Waals surface area (Å²) in [5.41, 5.74) is 1.21. The number of aryl methyl sites for hydroxylation is 1. The summed E-state index contributed by atoms with van der Waals surface area (Å²) in [5, 5.41) is 3.39. The Morgan fingerprint density at radius 1 is 1.39 bits per heavy atom. The van der Waals surface area contributed by atoms with Crippen LogP contribution in [-0.4, -0.2) is 4.98 Å². The van der Waals surface area contributed by atoms with Gasteiger partial charge in [0.05, 0.1) is 12.7 Å². The minimum absolute atomic E-state index is 0.222. The van der Waals surface area contributed by atoms with Gasteiger partial charge in [-0.1, -0.05) is 37.9 Å². The van der Waals surface area contributed by atoms with Crippen molar-refractivity contribution in [1.29, 1.82) is 0 Å². The molecule has 1 aromatic carbocycles. The number of hydrogen-bond acceptors (Lipinski definition) is 3. The van der Waals surface area contributed by atoms with Crippen LogP contribution in [0.3, 0.4) is 0 Å². The summed E-state index contributed by atoms with van der Waals surface area (Å²) in [5.74, 6) is 1.55. The summed E-state index contributed by atoms with van der Waals surface area (Å²) in [7, 11) is 0. The number of halogens is 2. The van der Waals surface area contributed by atoms with Crippen molar-refractivity contribution in [2.75, 3.05) is 0 Å². The maximum absolute atomic E-state index is 5.43. The molecule has 18 heavy (non-hydrogen) atoms. The Hall–Kier alpha value is -0.650. The quantitative estimate of drug-likeness (QED) is 0.865. The summed E-state index contributed by atoms with van der Waals surface area (Å²) >= 11 is 7.02. The highest BCUT2D eigenvalue weighted by atomic mass is 79.9. The minimum Gasteiger partial charge on any atom is -0.445 e. The third-order valence-electron chi connectivity index (χ3n) is 2.66. The molecular weight excluding hydrogens is 360 g/mol. The minimum atomic E-state index is 0.222. The third-order valence-corrected chi connectivity index (χ3v) is 3.84. The van der Waals surface area contributed by atoms with E-state index in [2.05, 4.69) is 55.2 Å². The number of oxazole rings is 1. The monoisotopic (exact) mass is 372 g/mol. The van der Waals surface area contributed by atoms with Gasteiger partial charge in [-0.3, -0.25) is 0 Å². The molecule has 96 valence electrons. The second-order valence-corrected chi connectivity index (χ2v) is 5.90. The zero-order valence-electron chi connectivity index (χ0n) is 10.2. The van der Waals surface area contributed by atoms with Crippen LogP contribution in [0.4, 0.5) is 0 Å². The average Bonchev–Trinajstić information content (AvgIpc) is 2.72. The van der Waals surface area contributed by atoms with Crippen molar-refractivity contribution in [1.82, 2.24) is 10.3 Å². The molecule has 0 bridgehead atoms. The van der Waals surface area contributed by atoms with E-state index in [1.807, 2.05) is 19.1 Å². The molecule has 0 spiro atoms. The highest BCUT2D eigenvalue weighted by Gasteiger charge is 2.10. The van der Waals surface area contributed by atoms with E-state index in [9.17, 15) is 0 Å². The fourth-order valence-electron chi connectivity index (χ4n) is 1.69. The molecule has 1 atom stereocenters. The molecule has 0 saturated heterocycles. The molecule has 2 aromatic rings. The molecule has 0 aliphatic heterocycles. The van der Waals surface area contributed by atoms with E-state index in [1.54, 1.807) is 6.20 Å². The molecule has 0 radical (unpaired) electrons. The number of hydrogen-bond donors (Lipinski definition) is 1. The summed E-state index contributed by atoms with van der Waals surface area (Å²) in [6.07, 6.45) is 1.73. The van der Waals surface area contributed by atoms with Crippen LogP contribution in [0.5, 0.6) is 0 Å². The highest BCUT2D eigenvalue weighted by Crippen LogP contribution is 2.26. The van der Waals surface area contributed by atoms with Gasteiger partial charge in [-0.2, -0.15) is 0 Å². The fraction of sp³-hybridized carbons (Fsp3) is 0.308. The van der Waals surface area contributed by atoms with E-state index >= 15 is 0 Å². The number of nitrogens with one attached hydrogen (secondary N) is 1. The molecule has 1 unspecified atom stereocenters. The lowest BCUT2D eigenvalue weighted by Crippen LogP contribution is -2.18. The van der Waals surface area contributed by atoms with Gasteiger partial charge in [0.25, 0.3) is 0 Å². The van der Waals surface area contributed by atoms with Gasteiger partial charge in [0.15, 0.2) is 0 Å². The van der Waals surface area contributed by atoms with Crippen molar-refractivity contribution in [2.45, 2.75) is 26.4 Å². The molecule has 0 aliphatic carbocycles. The molecule has 0 aliphatic rings. The van der Waals surface area contributed by atoms with Crippen LogP contribution in [0.2, 0.25) is 0 Å². The molecule has 1 aromatic heterocycles. The summed E-state index contributed by atoms with van der Waals surface area (Å²) in [4.78, 5) is 4.17. The van der Waals surface area contributed by atoms with Crippen molar-refractivity contribution in [3.8, 4) is 0 Å². The Bertz CT molecular complexity index is 540. The number of benzene rings is 1. The summed E-state index contributed by atoms with van der Waals surface area (Å²) < 4.78 is 7.57. The number of aromatic nitrogens is 1. The van der Waals surface area contributed by atoms with Gasteiger partial charge in [-0.25, -0.2) is 4.98 Å². The van der Waals surface area contributed by atoms with Crippen molar-refractivity contribution in [3.63, 3.8) is 0 Å². The Morgan fingerprint density at radius 3 is 2.78 bits per heavy atom. The molecule has 5 heteroatoms. The lowest BCUT2D eigenvalue weighted by Gasteiger charge is -2.15. The van der Waals surface area contributed by atoms with Crippen LogP contribution in [0.25, 0.3) is 0 Å². The fourth-order valence-corrected chi connectivity index (χ4v) is 3.08. The van der Waals surface area contributed by atoms with E-state index in [0.717, 1.165) is 14.7 Å². The van der Waals surface area contributed by atoms with Crippen LogP contribution in [-0.2, 0) is 6.54 Å². The lowest BCUT2D eigenvalue weighted by molar-refractivity contribution is 0.432. The Morgan fingerprint density at radius 2 is 2.17 bits per heavy atom. The SMILES string of the molecule is Cc1cnc(CNC(C)c2ccc(Br)cc2Br)o1. The van der Waals surface area contributed by atoms with Crippen molar-refractivity contribution < 1.29 is 4.42 Å². The zero-order chi connectivity index (χ0) is 13.1. The molecule has 3 nitrogen and oxygen atoms in total. The van der Waals surface area contributed by atoms with Gasteiger partial charge in [-0.05, 0) is 31.5 Å². The van der Waals surface area contributed by atoms with Crippen LogP contribution < -0.4 is 5.32 Å². The summed E-state index contributed by atoms with van der Waals surface area (Å²) in [6.45, 7) is 4.63. The number of nitrogens with zero attached hydrogens (tertiary/aromatic N) is 1. The molecule has 0 saturated carbocycles. The van der Waals surface area contributed by atoms with E-state index in [1.165, 1.54) is 5.56 Å². The van der Waals surface area contributed by atoms with Crippen LogP contribution in [0.1, 0.15) is 30.2 Å². The van der Waals surface area contributed by atoms with Crippen molar-refractivity contribution >= 4 is 31.9 Å². The molecule has 2 rings (SSSR count). The first-order chi connectivity index (χ1) is 8.56. The Balaban J connectivity index is 2.01. The molecule has 1 N–H and O–H groups in total. The topological polar surface area (TPSA) is 38.1 Å². The molecule has 1 heterocycles. The van der Waals surface area contributed by atoms with Gasteiger partial charge in [0.2, 0.25) is 5.89 Å². The van der Waals surface area contributed by atoms with Gasteiger partial charge < -0.3 is 9.73 Å². The predicted molar refractivity (Wildman–Crippen MR) is 78.3 cm³/mol. The largest absolute Gasteiger partial charge is 0.445 e. The van der Waals surface area contributed by atoms with Gasteiger partial charge in [0, 0.05) is 15.0 Å². The maximum atomic E-state index is 5.43. The summed E-state index contributed by atoms with van der Waals surface area (Å²) in [6, 6.07) is 6.39. The number of rotatable bonds is 4. The van der Waals surface area contributed by atoms with E-state index < -0.39 is 0 Å². The first kappa shape index (κ1) is 13.8. The zero-order valence-corrected chi connectivity index (χ0v) is 13.4. The van der Waals surface area contributed by atoms with Gasteiger partial charge >= 0.3 is 0 Å². The smallest absolute Gasteiger partial charge is 0.208 e. The second-order valence-electron chi connectivity index (χ2n) is 4.13. The highest BCUT2D eigenvalue weighted by molar-refractivity contribution is 9.11. The Labute approximate surface area is 123 Å². The first-order valence-electron chi connectivity index (χ1n) is 5.66. The maximum Gasteiger partial charge on any atom is 0.208 e. The average molecular weight is 374 g/mol. The van der Waals surface area contributed by atoms with Gasteiger partial charge in [0.1, 0.15) is 5.76 Å². The predicted octanol–water partition coefficient (Wildman–Crippen LogP) is 4.36. The molecule has 0 amide bonds. The molecule has 0 fully saturated rings. The van der Waals surface area contributed by atoms with Crippen molar-refractivity contribution in [2.24, 2.45) is 0 Å². The first-order valence-corrected chi connectivity index (χ1v) is 7.24. The van der Waals surface area contributed by atoms with Gasteiger partial charge in [-0.15, -0.1) is 0 Å². The van der Waals surface area contributed by atoms with E-state index in [4.69, 9.17) is 4.42 Å². The third kappa shape index (κ3) is 3.43.